The number of hydrogen-bond acceptors (Lipinski definition) is 7. The second kappa shape index (κ2) is 6.61. The maximum atomic E-state index is 13.9. The van der Waals surface area contributed by atoms with Gasteiger partial charge in [-0.25, -0.2) is 24.0 Å². The molecule has 0 saturated heterocycles. The summed E-state index contributed by atoms with van der Waals surface area (Å²) in [7, 11) is 0. The third-order valence-electron chi connectivity index (χ3n) is 5.11. The van der Waals surface area contributed by atoms with Crippen LogP contribution in [0, 0.1) is 12.7 Å². The molecule has 9 nitrogen and oxygen atoms in total. The van der Waals surface area contributed by atoms with Gasteiger partial charge in [-0.2, -0.15) is 5.10 Å². The van der Waals surface area contributed by atoms with E-state index in [1.165, 1.54) is 41.7 Å². The average Bonchev–Trinajstić information content (AvgIpc) is 3.11. The van der Waals surface area contributed by atoms with Gasteiger partial charge in [0.05, 0.1) is 29.0 Å². The van der Waals surface area contributed by atoms with Crippen LogP contribution < -0.4 is 10.6 Å². The lowest BCUT2D eigenvalue weighted by atomic mass is 10.1. The number of aryl methyl sites for hydroxylation is 1. The second-order valence-corrected chi connectivity index (χ2v) is 7.56. The van der Waals surface area contributed by atoms with Crippen molar-refractivity contribution in [3.8, 4) is 5.82 Å². The first-order valence-electron chi connectivity index (χ1n) is 9.43. The number of nitrogens with one attached hydrogen (secondary N) is 2. The number of furan rings is 1. The van der Waals surface area contributed by atoms with Gasteiger partial charge in [0.25, 0.3) is 5.91 Å². The zero-order valence-electron chi connectivity index (χ0n) is 16.3. The number of halogens is 1. The molecule has 4 aromatic rings. The number of carbonyl (C=O) groups is 1. The summed E-state index contributed by atoms with van der Waals surface area (Å²) in [4.78, 5) is 25.5. The lowest BCUT2D eigenvalue weighted by Crippen LogP contribution is -2.18. The zero-order valence-corrected chi connectivity index (χ0v) is 16.3. The van der Waals surface area contributed by atoms with Crippen LogP contribution in [0.3, 0.4) is 0 Å². The minimum absolute atomic E-state index is 0.0336. The molecule has 1 saturated carbocycles. The molecule has 152 valence electrons. The van der Waals surface area contributed by atoms with Gasteiger partial charge in [-0.15, -0.1) is 0 Å². The number of rotatable bonds is 5. The van der Waals surface area contributed by atoms with E-state index in [0.29, 0.717) is 33.9 Å². The smallest absolute Gasteiger partial charge is 0.260 e. The van der Waals surface area contributed by atoms with E-state index in [9.17, 15) is 9.18 Å². The van der Waals surface area contributed by atoms with Gasteiger partial charge in [0.1, 0.15) is 17.9 Å². The fourth-order valence-electron chi connectivity index (χ4n) is 3.25. The summed E-state index contributed by atoms with van der Waals surface area (Å²) in [6.07, 6.45) is 7.84. The predicted octanol–water partition coefficient (Wildman–Crippen LogP) is 3.47. The summed E-state index contributed by atoms with van der Waals surface area (Å²) >= 11 is 0. The molecule has 1 amide bonds. The standard InChI is InChI=1S/C20H18FN7O2/c1-11-14(15-16(27-20(2)5-6-20)23-10-24-19(15)30-11)18(29)26-12-8-25-28(9-12)17-13(21)4-3-7-22-17/h3-4,7-10H,5-6H2,1-2H3,(H,26,29)(H,23,24,27). The van der Waals surface area contributed by atoms with Crippen LogP contribution in [0.2, 0.25) is 0 Å². The van der Waals surface area contributed by atoms with Gasteiger partial charge in [0.15, 0.2) is 11.6 Å². The summed E-state index contributed by atoms with van der Waals surface area (Å²) in [5.41, 5.74) is 1.03. The Morgan fingerprint density at radius 3 is 2.90 bits per heavy atom. The molecule has 2 N–H and O–H groups in total. The quantitative estimate of drug-likeness (QED) is 0.521. The Bertz CT molecular complexity index is 1280. The summed E-state index contributed by atoms with van der Waals surface area (Å²) < 4.78 is 20.9. The van der Waals surface area contributed by atoms with Crippen LogP contribution in [-0.2, 0) is 0 Å². The SMILES string of the molecule is Cc1oc2ncnc(NC3(C)CC3)c2c1C(=O)Nc1cnn(-c2ncccc2F)c1. The van der Waals surface area contributed by atoms with Crippen LogP contribution in [0.5, 0.6) is 0 Å². The fraction of sp³-hybridized carbons (Fsp3) is 0.250. The highest BCUT2D eigenvalue weighted by Gasteiger charge is 2.38. The minimum atomic E-state index is -0.517. The third-order valence-corrected chi connectivity index (χ3v) is 5.11. The molecule has 5 rings (SSSR count). The Morgan fingerprint density at radius 2 is 2.13 bits per heavy atom. The first-order valence-corrected chi connectivity index (χ1v) is 9.43. The molecule has 0 bridgehead atoms. The van der Waals surface area contributed by atoms with Gasteiger partial charge < -0.3 is 15.1 Å². The first kappa shape index (κ1) is 18.2. The van der Waals surface area contributed by atoms with Crippen molar-refractivity contribution in [2.75, 3.05) is 10.6 Å². The van der Waals surface area contributed by atoms with E-state index in [1.54, 1.807) is 6.92 Å². The molecule has 1 fully saturated rings. The van der Waals surface area contributed by atoms with E-state index in [1.807, 2.05) is 0 Å². The monoisotopic (exact) mass is 407 g/mol. The van der Waals surface area contributed by atoms with Gasteiger partial charge in [-0.3, -0.25) is 4.79 Å². The molecule has 10 heteroatoms. The molecule has 30 heavy (non-hydrogen) atoms. The largest absolute Gasteiger partial charge is 0.442 e. The van der Waals surface area contributed by atoms with E-state index in [0.717, 1.165) is 12.8 Å². The number of fused-ring (bicyclic) bond motifs is 1. The minimum Gasteiger partial charge on any atom is -0.442 e. The number of carbonyl (C=O) groups excluding carboxylic acids is 1. The van der Waals surface area contributed by atoms with E-state index in [2.05, 4.69) is 37.6 Å². The second-order valence-electron chi connectivity index (χ2n) is 7.56. The number of pyridine rings is 1. The molecule has 0 unspecified atom stereocenters. The normalized spacial score (nSPS) is 14.6. The predicted molar refractivity (Wildman–Crippen MR) is 107 cm³/mol. The highest BCUT2D eigenvalue weighted by molar-refractivity contribution is 6.15. The number of anilines is 2. The molecule has 1 aliphatic carbocycles. The van der Waals surface area contributed by atoms with E-state index in [4.69, 9.17) is 4.42 Å². The van der Waals surface area contributed by atoms with E-state index in [-0.39, 0.29) is 11.4 Å². The van der Waals surface area contributed by atoms with Gasteiger partial charge in [0.2, 0.25) is 5.71 Å². The maximum Gasteiger partial charge on any atom is 0.260 e. The van der Waals surface area contributed by atoms with Crippen molar-refractivity contribution in [2.45, 2.75) is 32.2 Å². The summed E-state index contributed by atoms with van der Waals surface area (Å²) in [5.74, 6) is 0.117. The highest BCUT2D eigenvalue weighted by atomic mass is 19.1. The van der Waals surface area contributed by atoms with Gasteiger partial charge >= 0.3 is 0 Å². The Balaban J connectivity index is 1.47. The van der Waals surface area contributed by atoms with Crippen LogP contribution in [0.1, 0.15) is 35.9 Å². The highest BCUT2D eigenvalue weighted by Crippen LogP contribution is 2.40. The fourth-order valence-corrected chi connectivity index (χ4v) is 3.25. The third kappa shape index (κ3) is 3.15. The first-order chi connectivity index (χ1) is 14.4. The molecule has 1 aliphatic rings. The van der Waals surface area contributed by atoms with Gasteiger partial charge in [-0.05, 0) is 38.8 Å². The molecule has 4 aromatic heterocycles. The topological polar surface area (TPSA) is 111 Å². The van der Waals surface area contributed by atoms with E-state index >= 15 is 0 Å². The summed E-state index contributed by atoms with van der Waals surface area (Å²) in [6, 6.07) is 2.78. The van der Waals surface area contributed by atoms with Crippen LogP contribution in [0.15, 0.2) is 41.5 Å². The van der Waals surface area contributed by atoms with Crippen molar-refractivity contribution in [2.24, 2.45) is 0 Å². The molecule has 0 spiro atoms. The Kier molecular flexibility index (Phi) is 4.02. The molecule has 0 radical (unpaired) electrons. The van der Waals surface area contributed by atoms with Crippen molar-refractivity contribution in [1.29, 1.82) is 0 Å². The van der Waals surface area contributed by atoms with E-state index < -0.39 is 11.7 Å². The number of nitrogens with zero attached hydrogens (tertiary/aromatic N) is 5. The average molecular weight is 407 g/mol. The van der Waals surface area contributed by atoms with Crippen molar-refractivity contribution < 1.29 is 13.6 Å². The maximum absolute atomic E-state index is 13.9. The van der Waals surface area contributed by atoms with Crippen LogP contribution in [-0.4, -0.2) is 36.2 Å². The zero-order chi connectivity index (χ0) is 20.9. The number of hydrogen-bond donors (Lipinski definition) is 2. The van der Waals surface area contributed by atoms with Crippen molar-refractivity contribution >= 4 is 28.5 Å². The Hall–Kier alpha value is -3.82. The molecule has 0 atom stereocenters. The van der Waals surface area contributed by atoms with Gasteiger partial charge in [0, 0.05) is 11.7 Å². The van der Waals surface area contributed by atoms with Gasteiger partial charge in [-0.1, -0.05) is 0 Å². The van der Waals surface area contributed by atoms with Crippen molar-refractivity contribution in [3.63, 3.8) is 0 Å². The van der Waals surface area contributed by atoms with Crippen LogP contribution in [0.4, 0.5) is 15.9 Å². The molecular weight excluding hydrogens is 389 g/mol. The van der Waals surface area contributed by atoms with Crippen molar-refractivity contribution in [1.82, 2.24) is 24.7 Å². The summed E-state index contributed by atoms with van der Waals surface area (Å²) in [5, 5.41) is 10.8. The summed E-state index contributed by atoms with van der Waals surface area (Å²) in [6.45, 7) is 3.80. The lowest BCUT2D eigenvalue weighted by Gasteiger charge is -2.13. The number of amides is 1. The van der Waals surface area contributed by atoms with Crippen LogP contribution >= 0.6 is 0 Å². The molecular formula is C20H18FN7O2. The van der Waals surface area contributed by atoms with Crippen molar-refractivity contribution in [3.05, 3.63) is 54.2 Å². The Morgan fingerprint density at radius 1 is 1.30 bits per heavy atom. The molecule has 4 heterocycles. The molecule has 0 aromatic carbocycles. The molecule has 0 aliphatic heterocycles. The van der Waals surface area contributed by atoms with Crippen LogP contribution in [0.25, 0.3) is 16.9 Å². The Labute approximate surface area is 170 Å². The number of aromatic nitrogens is 5. The lowest BCUT2D eigenvalue weighted by molar-refractivity contribution is 0.102.